The molecule has 0 aliphatic heterocycles. The molecule has 0 saturated heterocycles. The first-order valence-corrected chi connectivity index (χ1v) is 4.72. The molecule has 0 rings (SSSR count). The Hall–Kier alpha value is -0.0100. The van der Waals surface area contributed by atoms with E-state index in [4.69, 9.17) is 0 Å². The number of hydrogen-bond acceptors (Lipinski definition) is 0. The summed E-state index contributed by atoms with van der Waals surface area (Å²) in [6, 6.07) is 0.642. The van der Waals surface area contributed by atoms with Crippen LogP contribution in [-0.2, 0) is 0 Å². The van der Waals surface area contributed by atoms with Crippen molar-refractivity contribution in [1.29, 1.82) is 0 Å². The van der Waals surface area contributed by atoms with Gasteiger partial charge in [0.25, 0.3) is 0 Å². The van der Waals surface area contributed by atoms with Crippen LogP contribution in [0.1, 0.15) is 34.6 Å². The van der Waals surface area contributed by atoms with Crippen LogP contribution >= 0.6 is 0 Å². The van der Waals surface area contributed by atoms with E-state index in [0.717, 1.165) is 11.0 Å². The maximum atomic E-state index is 3.83. The Balaban J connectivity index is 0. The summed E-state index contributed by atoms with van der Waals surface area (Å²) in [5.41, 5.74) is 0.294. The van der Waals surface area contributed by atoms with E-state index in [0.29, 0.717) is 11.6 Å². The third-order valence-electron chi connectivity index (χ3n) is 3.18. The number of likely N-dealkylation sites (N-methyl/N-ethyl adjacent to an activating group) is 1. The minimum atomic E-state index is 0. The molecule has 0 heterocycles. The molecule has 0 radical (unpaired) electrons. The molecule has 1 unspecified atom stereocenters. The predicted molar refractivity (Wildman–Crippen MR) is 56.1 cm³/mol. The van der Waals surface area contributed by atoms with Crippen molar-refractivity contribution in [2.75, 3.05) is 13.6 Å². The van der Waals surface area contributed by atoms with Crippen LogP contribution in [-0.4, -0.2) is 29.7 Å². The first-order chi connectivity index (χ1) is 5.25. The molecule has 0 aromatic heterocycles. The quantitative estimate of drug-likeness (QED) is 0.444. The Labute approximate surface area is 89.8 Å². The SMILES string of the molecule is C=CC[N+](C)(C(C)C)C(C)(C)C.[Cl-]. The molecule has 2 heteroatoms. The highest BCUT2D eigenvalue weighted by Crippen LogP contribution is 2.25. The van der Waals surface area contributed by atoms with Crippen LogP contribution in [0, 0.1) is 0 Å². The van der Waals surface area contributed by atoms with Crippen molar-refractivity contribution < 1.29 is 16.9 Å². The highest BCUT2D eigenvalue weighted by molar-refractivity contribution is 4.72. The minimum absolute atomic E-state index is 0. The van der Waals surface area contributed by atoms with Gasteiger partial charge in [-0.3, -0.25) is 0 Å². The van der Waals surface area contributed by atoms with E-state index >= 15 is 0 Å². The molecule has 0 aliphatic rings. The lowest BCUT2D eigenvalue weighted by Crippen LogP contribution is -3.00. The Kier molecular flexibility index (Phi) is 5.97. The molecule has 0 amide bonds. The standard InChI is InChI=1S/C11H24N.ClH/c1-8-9-12(7,10(2)3)11(4,5)6;/h8,10H,1,9H2,2-7H3;1H/q+1;/p-1. The van der Waals surface area contributed by atoms with Crippen molar-refractivity contribution >= 4 is 0 Å². The Morgan fingerprint density at radius 1 is 1.31 bits per heavy atom. The zero-order valence-corrected chi connectivity index (χ0v) is 10.7. The smallest absolute Gasteiger partial charge is 0.0974 e. The highest BCUT2D eigenvalue weighted by atomic mass is 35.5. The molecular weight excluding hydrogens is 182 g/mol. The average molecular weight is 206 g/mol. The van der Waals surface area contributed by atoms with Crippen LogP contribution in [0.4, 0.5) is 0 Å². The molecule has 1 atom stereocenters. The minimum Gasteiger partial charge on any atom is -1.00 e. The van der Waals surface area contributed by atoms with E-state index in [2.05, 4.69) is 48.2 Å². The summed E-state index contributed by atoms with van der Waals surface area (Å²) in [4.78, 5) is 0. The van der Waals surface area contributed by atoms with Gasteiger partial charge in [-0.25, -0.2) is 0 Å². The van der Waals surface area contributed by atoms with Crippen molar-refractivity contribution in [2.24, 2.45) is 0 Å². The van der Waals surface area contributed by atoms with Gasteiger partial charge in [0, 0.05) is 0 Å². The van der Waals surface area contributed by atoms with Gasteiger partial charge in [0.05, 0.1) is 25.2 Å². The molecule has 0 aromatic rings. The maximum absolute atomic E-state index is 3.83. The van der Waals surface area contributed by atoms with Gasteiger partial charge in [-0.05, 0) is 40.7 Å². The number of rotatable bonds is 3. The fourth-order valence-electron chi connectivity index (χ4n) is 1.53. The molecule has 0 bridgehead atoms. The fourth-order valence-corrected chi connectivity index (χ4v) is 1.53. The largest absolute Gasteiger partial charge is 1.00 e. The van der Waals surface area contributed by atoms with E-state index < -0.39 is 0 Å². The topological polar surface area (TPSA) is 0 Å². The lowest BCUT2D eigenvalue weighted by atomic mass is 9.99. The third-order valence-corrected chi connectivity index (χ3v) is 3.18. The monoisotopic (exact) mass is 205 g/mol. The van der Waals surface area contributed by atoms with Crippen molar-refractivity contribution in [1.82, 2.24) is 0 Å². The summed E-state index contributed by atoms with van der Waals surface area (Å²) in [5.74, 6) is 0. The number of nitrogens with zero attached hydrogens (tertiary/aromatic N) is 1. The molecule has 0 spiro atoms. The van der Waals surface area contributed by atoms with Crippen molar-refractivity contribution in [2.45, 2.75) is 46.2 Å². The van der Waals surface area contributed by atoms with Crippen LogP contribution in [0.5, 0.6) is 0 Å². The summed E-state index contributed by atoms with van der Waals surface area (Å²) in [5, 5.41) is 0. The lowest BCUT2D eigenvalue weighted by Gasteiger charge is -2.48. The molecular formula is C11H24ClN. The Bertz CT molecular complexity index is 158. The van der Waals surface area contributed by atoms with Crippen molar-refractivity contribution in [3.63, 3.8) is 0 Å². The van der Waals surface area contributed by atoms with Gasteiger partial charge in [0.15, 0.2) is 0 Å². The molecule has 0 fully saturated rings. The zero-order valence-electron chi connectivity index (χ0n) is 9.89. The van der Waals surface area contributed by atoms with Gasteiger partial charge in [0.2, 0.25) is 0 Å². The zero-order chi connectivity index (χ0) is 9.99. The van der Waals surface area contributed by atoms with Gasteiger partial charge >= 0.3 is 0 Å². The van der Waals surface area contributed by atoms with Gasteiger partial charge in [-0.2, -0.15) is 0 Å². The summed E-state index contributed by atoms with van der Waals surface area (Å²) < 4.78 is 1.05. The molecule has 1 nitrogen and oxygen atoms in total. The van der Waals surface area contributed by atoms with Gasteiger partial charge in [0.1, 0.15) is 0 Å². The highest BCUT2D eigenvalue weighted by Gasteiger charge is 2.37. The molecule has 0 aliphatic carbocycles. The van der Waals surface area contributed by atoms with Gasteiger partial charge in [-0.1, -0.05) is 6.58 Å². The lowest BCUT2D eigenvalue weighted by molar-refractivity contribution is -0.967. The molecule has 80 valence electrons. The molecule has 0 aromatic carbocycles. The van der Waals surface area contributed by atoms with E-state index in [-0.39, 0.29) is 12.4 Å². The average Bonchev–Trinajstić information content (AvgIpc) is 1.85. The van der Waals surface area contributed by atoms with Crippen LogP contribution in [0.25, 0.3) is 0 Å². The Morgan fingerprint density at radius 3 is 1.77 bits per heavy atom. The van der Waals surface area contributed by atoms with Crippen molar-refractivity contribution in [3.05, 3.63) is 12.7 Å². The predicted octanol–water partition coefficient (Wildman–Crippen LogP) is -0.170. The number of quaternary nitrogens is 1. The number of hydrogen-bond donors (Lipinski definition) is 0. The first kappa shape index (κ1) is 15.5. The van der Waals surface area contributed by atoms with Crippen LogP contribution in [0.2, 0.25) is 0 Å². The van der Waals surface area contributed by atoms with Crippen LogP contribution in [0.15, 0.2) is 12.7 Å². The van der Waals surface area contributed by atoms with Crippen molar-refractivity contribution in [3.8, 4) is 0 Å². The fraction of sp³-hybridized carbons (Fsp3) is 0.818. The normalized spacial score (nSPS) is 16.2. The molecule has 13 heavy (non-hydrogen) atoms. The second-order valence-corrected chi connectivity index (χ2v) is 5.00. The van der Waals surface area contributed by atoms with E-state index in [1.165, 1.54) is 0 Å². The summed E-state index contributed by atoms with van der Waals surface area (Å²) in [6.07, 6.45) is 2.02. The Morgan fingerprint density at radius 2 is 1.69 bits per heavy atom. The van der Waals surface area contributed by atoms with Gasteiger partial charge in [-0.15, -0.1) is 0 Å². The summed E-state index contributed by atoms with van der Waals surface area (Å²) in [7, 11) is 2.30. The van der Waals surface area contributed by atoms with Gasteiger partial charge < -0.3 is 16.9 Å². The summed E-state index contributed by atoms with van der Waals surface area (Å²) >= 11 is 0. The second kappa shape index (κ2) is 5.02. The maximum Gasteiger partial charge on any atom is 0.0974 e. The third kappa shape index (κ3) is 3.32. The second-order valence-electron chi connectivity index (χ2n) is 5.00. The van der Waals surface area contributed by atoms with Crippen LogP contribution < -0.4 is 12.4 Å². The van der Waals surface area contributed by atoms with E-state index in [9.17, 15) is 0 Å². The molecule has 0 N–H and O–H groups in total. The number of halogens is 1. The summed E-state index contributed by atoms with van der Waals surface area (Å²) in [6.45, 7) is 16.3. The van der Waals surface area contributed by atoms with Crippen LogP contribution in [0.3, 0.4) is 0 Å². The van der Waals surface area contributed by atoms with E-state index in [1.807, 2.05) is 6.08 Å². The molecule has 0 saturated carbocycles. The first-order valence-electron chi connectivity index (χ1n) is 4.72. The van der Waals surface area contributed by atoms with E-state index in [1.54, 1.807) is 0 Å².